The molecule has 0 spiro atoms. The van der Waals surface area contributed by atoms with Gasteiger partial charge in [0.1, 0.15) is 6.29 Å². The van der Waals surface area contributed by atoms with Crippen molar-refractivity contribution < 1.29 is 9.90 Å². The number of carbonyl (C=O) groups is 1. The van der Waals surface area contributed by atoms with E-state index < -0.39 is 5.60 Å². The SMILES string of the molecule is CC(O)(CN1CCCCC1C=O)c1ccccc1. The monoisotopic (exact) mass is 247 g/mol. The molecule has 0 aliphatic carbocycles. The highest BCUT2D eigenvalue weighted by molar-refractivity contribution is 5.57. The standard InChI is InChI=1S/C15H21NO2/c1-15(18,13-7-3-2-4-8-13)12-16-10-6-5-9-14(16)11-17/h2-4,7-8,11,14,18H,5-6,9-10,12H2,1H3. The topological polar surface area (TPSA) is 40.5 Å². The largest absolute Gasteiger partial charge is 0.384 e. The molecule has 1 aliphatic heterocycles. The summed E-state index contributed by atoms with van der Waals surface area (Å²) in [5.74, 6) is 0. The number of benzene rings is 1. The van der Waals surface area contributed by atoms with Crippen molar-refractivity contribution in [2.24, 2.45) is 0 Å². The van der Waals surface area contributed by atoms with Crippen LogP contribution in [0, 0.1) is 0 Å². The number of hydrogen-bond donors (Lipinski definition) is 1. The average molecular weight is 247 g/mol. The molecule has 1 saturated heterocycles. The lowest BCUT2D eigenvalue weighted by molar-refractivity contribution is -0.115. The van der Waals surface area contributed by atoms with Crippen LogP contribution < -0.4 is 0 Å². The fraction of sp³-hybridized carbons (Fsp3) is 0.533. The van der Waals surface area contributed by atoms with Gasteiger partial charge in [0.15, 0.2) is 0 Å². The minimum Gasteiger partial charge on any atom is -0.384 e. The maximum Gasteiger partial charge on any atom is 0.137 e. The summed E-state index contributed by atoms with van der Waals surface area (Å²) in [4.78, 5) is 13.2. The second-order valence-corrected chi connectivity index (χ2v) is 5.31. The number of carbonyl (C=O) groups excluding carboxylic acids is 1. The van der Waals surface area contributed by atoms with Gasteiger partial charge in [0.2, 0.25) is 0 Å². The highest BCUT2D eigenvalue weighted by Crippen LogP contribution is 2.25. The van der Waals surface area contributed by atoms with E-state index in [9.17, 15) is 9.90 Å². The quantitative estimate of drug-likeness (QED) is 0.827. The van der Waals surface area contributed by atoms with Gasteiger partial charge in [0, 0.05) is 6.54 Å². The normalized spacial score (nSPS) is 24.4. The second kappa shape index (κ2) is 5.63. The lowest BCUT2D eigenvalue weighted by Gasteiger charge is -2.37. The number of β-amino-alcohol motifs (C(OH)–C–C–N with tert-alkyl or cyclic N) is 1. The lowest BCUT2D eigenvalue weighted by Crippen LogP contribution is -2.47. The van der Waals surface area contributed by atoms with E-state index in [1.807, 2.05) is 37.3 Å². The van der Waals surface area contributed by atoms with Crippen molar-refractivity contribution in [2.75, 3.05) is 13.1 Å². The summed E-state index contributed by atoms with van der Waals surface area (Å²) in [5, 5.41) is 10.6. The fourth-order valence-corrected chi connectivity index (χ4v) is 2.65. The molecule has 3 heteroatoms. The zero-order chi connectivity index (χ0) is 13.0. The van der Waals surface area contributed by atoms with Gasteiger partial charge in [-0.05, 0) is 31.9 Å². The Hall–Kier alpha value is -1.19. The van der Waals surface area contributed by atoms with E-state index in [-0.39, 0.29) is 6.04 Å². The predicted octanol–water partition coefficient (Wildman–Crippen LogP) is 1.95. The smallest absolute Gasteiger partial charge is 0.137 e. The van der Waals surface area contributed by atoms with Crippen LogP contribution in [0.15, 0.2) is 30.3 Å². The Morgan fingerprint density at radius 2 is 2.11 bits per heavy atom. The molecule has 1 heterocycles. The third-order valence-electron chi connectivity index (χ3n) is 3.73. The predicted molar refractivity (Wildman–Crippen MR) is 71.3 cm³/mol. The summed E-state index contributed by atoms with van der Waals surface area (Å²) in [6.45, 7) is 3.23. The van der Waals surface area contributed by atoms with Crippen molar-refractivity contribution in [3.05, 3.63) is 35.9 Å². The summed E-state index contributed by atoms with van der Waals surface area (Å²) in [6, 6.07) is 9.62. The average Bonchev–Trinajstić information content (AvgIpc) is 2.40. The van der Waals surface area contributed by atoms with Gasteiger partial charge >= 0.3 is 0 Å². The van der Waals surface area contributed by atoms with E-state index in [0.717, 1.165) is 37.7 Å². The van der Waals surface area contributed by atoms with Crippen molar-refractivity contribution in [1.82, 2.24) is 4.90 Å². The van der Waals surface area contributed by atoms with E-state index in [0.29, 0.717) is 6.54 Å². The summed E-state index contributed by atoms with van der Waals surface area (Å²) in [6.07, 6.45) is 4.14. The fourth-order valence-electron chi connectivity index (χ4n) is 2.65. The molecule has 0 amide bonds. The zero-order valence-corrected chi connectivity index (χ0v) is 10.9. The van der Waals surface area contributed by atoms with Crippen LogP contribution in [-0.4, -0.2) is 35.4 Å². The van der Waals surface area contributed by atoms with Crippen LogP contribution >= 0.6 is 0 Å². The number of nitrogens with zero attached hydrogens (tertiary/aromatic N) is 1. The van der Waals surface area contributed by atoms with Crippen LogP contribution in [-0.2, 0) is 10.4 Å². The second-order valence-electron chi connectivity index (χ2n) is 5.31. The Kier molecular flexibility index (Phi) is 4.15. The molecule has 0 bridgehead atoms. The molecule has 1 aliphatic rings. The van der Waals surface area contributed by atoms with Crippen molar-refractivity contribution >= 4 is 6.29 Å². The minimum absolute atomic E-state index is 0.0334. The first-order chi connectivity index (χ1) is 8.63. The van der Waals surface area contributed by atoms with Crippen LogP contribution in [0.5, 0.6) is 0 Å². The number of hydrogen-bond acceptors (Lipinski definition) is 3. The molecule has 98 valence electrons. The van der Waals surface area contributed by atoms with Gasteiger partial charge in [0.05, 0.1) is 11.6 Å². The molecule has 2 rings (SSSR count). The van der Waals surface area contributed by atoms with Gasteiger partial charge in [-0.15, -0.1) is 0 Å². The van der Waals surface area contributed by atoms with Gasteiger partial charge in [-0.1, -0.05) is 36.8 Å². The maximum absolute atomic E-state index is 11.1. The van der Waals surface area contributed by atoms with Crippen molar-refractivity contribution in [2.45, 2.75) is 37.8 Å². The summed E-state index contributed by atoms with van der Waals surface area (Å²) in [5.41, 5.74) is 0.0000671. The Bertz CT molecular complexity index is 389. The Morgan fingerprint density at radius 3 is 2.78 bits per heavy atom. The zero-order valence-electron chi connectivity index (χ0n) is 10.9. The number of aliphatic hydroxyl groups is 1. The Labute approximate surface area is 108 Å². The third-order valence-corrected chi connectivity index (χ3v) is 3.73. The van der Waals surface area contributed by atoms with E-state index in [1.165, 1.54) is 0 Å². The molecular formula is C15H21NO2. The molecular weight excluding hydrogens is 226 g/mol. The summed E-state index contributed by atoms with van der Waals surface area (Å²) in [7, 11) is 0. The molecule has 0 aromatic heterocycles. The molecule has 0 radical (unpaired) electrons. The van der Waals surface area contributed by atoms with Crippen molar-refractivity contribution in [1.29, 1.82) is 0 Å². The number of piperidine rings is 1. The van der Waals surface area contributed by atoms with E-state index in [2.05, 4.69) is 4.90 Å². The summed E-state index contributed by atoms with van der Waals surface area (Å²) < 4.78 is 0. The van der Waals surface area contributed by atoms with Gasteiger partial charge in [-0.25, -0.2) is 0 Å². The van der Waals surface area contributed by atoms with Crippen LogP contribution in [0.2, 0.25) is 0 Å². The van der Waals surface area contributed by atoms with Crippen LogP contribution in [0.3, 0.4) is 0 Å². The third kappa shape index (κ3) is 2.98. The van der Waals surface area contributed by atoms with Crippen molar-refractivity contribution in [3.8, 4) is 0 Å². The number of rotatable bonds is 4. The number of likely N-dealkylation sites (tertiary alicyclic amines) is 1. The highest BCUT2D eigenvalue weighted by Gasteiger charge is 2.30. The molecule has 0 saturated carbocycles. The van der Waals surface area contributed by atoms with E-state index in [4.69, 9.17) is 0 Å². The highest BCUT2D eigenvalue weighted by atomic mass is 16.3. The van der Waals surface area contributed by atoms with E-state index in [1.54, 1.807) is 0 Å². The molecule has 1 fully saturated rings. The molecule has 2 atom stereocenters. The molecule has 3 nitrogen and oxygen atoms in total. The van der Waals surface area contributed by atoms with Crippen LogP contribution in [0.4, 0.5) is 0 Å². The van der Waals surface area contributed by atoms with E-state index >= 15 is 0 Å². The number of aldehydes is 1. The van der Waals surface area contributed by atoms with Gasteiger partial charge < -0.3 is 9.90 Å². The molecule has 2 unspecified atom stereocenters. The first-order valence-corrected chi connectivity index (χ1v) is 6.61. The minimum atomic E-state index is -0.903. The maximum atomic E-state index is 11.1. The van der Waals surface area contributed by atoms with Crippen LogP contribution in [0.1, 0.15) is 31.7 Å². The van der Waals surface area contributed by atoms with Gasteiger partial charge in [-0.2, -0.15) is 0 Å². The Morgan fingerprint density at radius 1 is 1.39 bits per heavy atom. The van der Waals surface area contributed by atoms with Gasteiger partial charge in [-0.3, -0.25) is 4.90 Å². The molecule has 1 aromatic rings. The Balaban J connectivity index is 2.09. The lowest BCUT2D eigenvalue weighted by atomic mass is 9.93. The summed E-state index contributed by atoms with van der Waals surface area (Å²) >= 11 is 0. The van der Waals surface area contributed by atoms with Gasteiger partial charge in [0.25, 0.3) is 0 Å². The molecule has 18 heavy (non-hydrogen) atoms. The molecule has 1 aromatic carbocycles. The first kappa shape index (κ1) is 13.2. The van der Waals surface area contributed by atoms with Crippen LogP contribution in [0.25, 0.3) is 0 Å². The first-order valence-electron chi connectivity index (χ1n) is 6.61. The van der Waals surface area contributed by atoms with Crippen molar-refractivity contribution in [3.63, 3.8) is 0 Å². The molecule has 1 N–H and O–H groups in total.